The number of likely N-dealkylation sites (N-methyl/N-ethyl adjacent to an activating group) is 1. The Morgan fingerprint density at radius 3 is 2.05 bits per heavy atom. The number of piperidine rings is 1. The van der Waals surface area contributed by atoms with Crippen LogP contribution in [0.5, 0.6) is 0 Å². The van der Waals surface area contributed by atoms with Crippen LogP contribution in [0.2, 0.25) is 0 Å². The second-order valence-corrected chi connectivity index (χ2v) is 6.56. The van der Waals surface area contributed by atoms with Crippen molar-refractivity contribution in [2.24, 2.45) is 11.3 Å². The van der Waals surface area contributed by atoms with E-state index in [0.29, 0.717) is 11.5 Å². The summed E-state index contributed by atoms with van der Waals surface area (Å²) >= 11 is 0. The van der Waals surface area contributed by atoms with Crippen LogP contribution in [0.3, 0.4) is 0 Å². The average Bonchev–Trinajstić information content (AvgIpc) is 2.47. The van der Waals surface area contributed by atoms with Crippen LogP contribution in [0.25, 0.3) is 0 Å². The van der Waals surface area contributed by atoms with Crippen molar-refractivity contribution in [2.75, 3.05) is 26.2 Å². The standard InChI is InChI=1S/C17H36N2/c1-6-15(5)16(18-9-4)14-19-12-10-17(7-2,8-3)11-13-19/h15-16,18H,6-14H2,1-5H3. The molecule has 0 aliphatic carbocycles. The fraction of sp³-hybridized carbons (Fsp3) is 1.00. The second-order valence-electron chi connectivity index (χ2n) is 6.56. The van der Waals surface area contributed by atoms with Crippen molar-refractivity contribution in [1.82, 2.24) is 10.2 Å². The van der Waals surface area contributed by atoms with E-state index in [9.17, 15) is 0 Å². The fourth-order valence-electron chi connectivity index (χ4n) is 3.44. The van der Waals surface area contributed by atoms with Crippen LogP contribution in [-0.4, -0.2) is 37.1 Å². The number of likely N-dealkylation sites (tertiary alicyclic amines) is 1. The third kappa shape index (κ3) is 4.75. The molecule has 0 amide bonds. The molecular weight excluding hydrogens is 232 g/mol. The monoisotopic (exact) mass is 268 g/mol. The van der Waals surface area contributed by atoms with E-state index in [1.807, 2.05) is 0 Å². The lowest BCUT2D eigenvalue weighted by Gasteiger charge is -2.42. The van der Waals surface area contributed by atoms with E-state index in [1.165, 1.54) is 51.7 Å². The molecule has 2 heteroatoms. The van der Waals surface area contributed by atoms with Gasteiger partial charge in [0.15, 0.2) is 0 Å². The summed E-state index contributed by atoms with van der Waals surface area (Å²) in [4.78, 5) is 2.70. The summed E-state index contributed by atoms with van der Waals surface area (Å²) in [7, 11) is 0. The molecule has 1 N–H and O–H groups in total. The van der Waals surface area contributed by atoms with Gasteiger partial charge in [-0.25, -0.2) is 0 Å². The molecule has 1 rings (SSSR count). The Bertz CT molecular complexity index is 225. The Labute approximate surface area is 121 Å². The molecule has 1 aliphatic rings. The molecule has 1 fully saturated rings. The Hall–Kier alpha value is -0.0800. The van der Waals surface area contributed by atoms with Gasteiger partial charge in [0.25, 0.3) is 0 Å². The predicted octanol–water partition coefficient (Wildman–Crippen LogP) is 3.91. The van der Waals surface area contributed by atoms with Gasteiger partial charge in [0, 0.05) is 12.6 Å². The molecule has 0 spiro atoms. The van der Waals surface area contributed by atoms with E-state index >= 15 is 0 Å². The topological polar surface area (TPSA) is 15.3 Å². The van der Waals surface area contributed by atoms with Crippen LogP contribution >= 0.6 is 0 Å². The van der Waals surface area contributed by atoms with Crippen LogP contribution in [0.15, 0.2) is 0 Å². The Kier molecular flexibility index (Phi) is 7.38. The number of nitrogens with zero attached hydrogens (tertiary/aromatic N) is 1. The van der Waals surface area contributed by atoms with Gasteiger partial charge in [0.1, 0.15) is 0 Å². The van der Waals surface area contributed by atoms with Gasteiger partial charge in [-0.15, -0.1) is 0 Å². The van der Waals surface area contributed by atoms with Gasteiger partial charge in [0.05, 0.1) is 0 Å². The zero-order valence-corrected chi connectivity index (χ0v) is 14.0. The van der Waals surface area contributed by atoms with Gasteiger partial charge in [0.2, 0.25) is 0 Å². The average molecular weight is 268 g/mol. The minimum atomic E-state index is 0.653. The van der Waals surface area contributed by atoms with Crippen LogP contribution in [0, 0.1) is 11.3 Å². The number of rotatable bonds is 8. The van der Waals surface area contributed by atoms with Crippen LogP contribution in [0.4, 0.5) is 0 Å². The Balaban J connectivity index is 2.46. The molecule has 0 saturated carbocycles. The number of hydrogen-bond donors (Lipinski definition) is 1. The molecule has 0 aromatic heterocycles. The van der Waals surface area contributed by atoms with Crippen LogP contribution in [0.1, 0.15) is 66.7 Å². The fourth-order valence-corrected chi connectivity index (χ4v) is 3.44. The molecule has 2 atom stereocenters. The first-order chi connectivity index (χ1) is 9.10. The SMILES string of the molecule is CCNC(CN1CCC(CC)(CC)CC1)C(C)CC. The summed E-state index contributed by atoms with van der Waals surface area (Å²) in [6.07, 6.45) is 6.80. The summed E-state index contributed by atoms with van der Waals surface area (Å²) in [6.45, 7) is 16.6. The normalized spacial score (nSPS) is 23.2. The van der Waals surface area contributed by atoms with E-state index in [0.717, 1.165) is 12.5 Å². The highest BCUT2D eigenvalue weighted by Gasteiger charge is 2.32. The van der Waals surface area contributed by atoms with Gasteiger partial charge in [-0.3, -0.25) is 0 Å². The van der Waals surface area contributed by atoms with Gasteiger partial charge < -0.3 is 10.2 Å². The molecule has 1 aliphatic heterocycles. The lowest BCUT2D eigenvalue weighted by atomic mass is 9.74. The van der Waals surface area contributed by atoms with Crippen LogP contribution in [-0.2, 0) is 0 Å². The summed E-state index contributed by atoms with van der Waals surface area (Å²) in [5.41, 5.74) is 0.653. The third-order valence-electron chi connectivity index (χ3n) is 5.67. The molecule has 1 heterocycles. The van der Waals surface area contributed by atoms with Gasteiger partial charge >= 0.3 is 0 Å². The predicted molar refractivity (Wildman–Crippen MR) is 85.6 cm³/mol. The molecule has 19 heavy (non-hydrogen) atoms. The zero-order valence-electron chi connectivity index (χ0n) is 14.0. The first-order valence-corrected chi connectivity index (χ1v) is 8.56. The Morgan fingerprint density at radius 2 is 1.63 bits per heavy atom. The highest BCUT2D eigenvalue weighted by atomic mass is 15.2. The molecule has 2 nitrogen and oxygen atoms in total. The maximum Gasteiger partial charge on any atom is 0.0220 e. The highest BCUT2D eigenvalue weighted by Crippen LogP contribution is 2.37. The first-order valence-electron chi connectivity index (χ1n) is 8.56. The van der Waals surface area contributed by atoms with Gasteiger partial charge in [-0.05, 0) is 43.8 Å². The highest BCUT2D eigenvalue weighted by molar-refractivity contribution is 4.86. The molecular formula is C17H36N2. The Morgan fingerprint density at radius 1 is 1.05 bits per heavy atom. The van der Waals surface area contributed by atoms with Crippen molar-refractivity contribution in [2.45, 2.75) is 72.8 Å². The van der Waals surface area contributed by atoms with Crippen molar-refractivity contribution >= 4 is 0 Å². The van der Waals surface area contributed by atoms with E-state index in [4.69, 9.17) is 0 Å². The summed E-state index contributed by atoms with van der Waals surface area (Å²) in [5.74, 6) is 0.781. The maximum atomic E-state index is 3.69. The van der Waals surface area contributed by atoms with Crippen molar-refractivity contribution < 1.29 is 0 Å². The van der Waals surface area contributed by atoms with Crippen molar-refractivity contribution in [1.29, 1.82) is 0 Å². The van der Waals surface area contributed by atoms with Crippen LogP contribution < -0.4 is 5.32 Å². The van der Waals surface area contributed by atoms with E-state index < -0.39 is 0 Å². The molecule has 0 radical (unpaired) electrons. The molecule has 1 saturated heterocycles. The van der Waals surface area contributed by atoms with Gasteiger partial charge in [-0.1, -0.05) is 53.9 Å². The van der Waals surface area contributed by atoms with Crippen molar-refractivity contribution in [3.05, 3.63) is 0 Å². The van der Waals surface area contributed by atoms with Crippen molar-refractivity contribution in [3.63, 3.8) is 0 Å². The smallest absolute Gasteiger partial charge is 0.0220 e. The minimum absolute atomic E-state index is 0.653. The first kappa shape index (κ1) is 17.0. The van der Waals surface area contributed by atoms with Gasteiger partial charge in [-0.2, -0.15) is 0 Å². The van der Waals surface area contributed by atoms with E-state index in [1.54, 1.807) is 0 Å². The van der Waals surface area contributed by atoms with Crippen molar-refractivity contribution in [3.8, 4) is 0 Å². The number of hydrogen-bond acceptors (Lipinski definition) is 2. The summed E-state index contributed by atoms with van der Waals surface area (Å²) in [5, 5.41) is 3.69. The lowest BCUT2D eigenvalue weighted by molar-refractivity contribution is 0.0830. The van der Waals surface area contributed by atoms with E-state index in [2.05, 4.69) is 44.8 Å². The number of nitrogens with one attached hydrogen (secondary N) is 1. The zero-order chi connectivity index (χ0) is 14.3. The maximum absolute atomic E-state index is 3.69. The third-order valence-corrected chi connectivity index (χ3v) is 5.67. The quantitative estimate of drug-likeness (QED) is 0.718. The summed E-state index contributed by atoms with van der Waals surface area (Å²) in [6, 6.07) is 0.672. The molecule has 2 unspecified atom stereocenters. The van der Waals surface area contributed by atoms with E-state index in [-0.39, 0.29) is 0 Å². The second kappa shape index (κ2) is 8.26. The summed E-state index contributed by atoms with van der Waals surface area (Å²) < 4.78 is 0. The molecule has 0 aromatic carbocycles. The lowest BCUT2D eigenvalue weighted by Crippen LogP contribution is -2.48. The molecule has 114 valence electrons. The molecule has 0 aromatic rings. The minimum Gasteiger partial charge on any atom is -0.313 e. The molecule has 0 bridgehead atoms. The largest absolute Gasteiger partial charge is 0.313 e.